The normalized spacial score (nSPS) is 8.60. The van der Waals surface area contributed by atoms with Gasteiger partial charge in [-0.15, -0.1) is 5.92 Å². The second-order valence-electron chi connectivity index (χ2n) is 2.16. The molecule has 0 aliphatic rings. The fourth-order valence-corrected chi connectivity index (χ4v) is 0.666. The second-order valence-corrected chi connectivity index (χ2v) is 2.16. The van der Waals surface area contributed by atoms with Gasteiger partial charge in [0.2, 0.25) is 0 Å². The third-order valence-corrected chi connectivity index (χ3v) is 1.24. The van der Waals surface area contributed by atoms with Crippen LogP contribution in [-0.2, 0) is 0 Å². The quantitative estimate of drug-likeness (QED) is 0.449. The molecule has 57 valence electrons. The van der Waals surface area contributed by atoms with Crippen LogP contribution in [0.15, 0.2) is 0 Å². The van der Waals surface area contributed by atoms with E-state index in [-0.39, 0.29) is 0 Å². The first-order chi connectivity index (χ1) is 4.91. The molecule has 0 spiro atoms. The molecule has 0 saturated carbocycles. The van der Waals surface area contributed by atoms with Gasteiger partial charge < -0.3 is 5.32 Å². The summed E-state index contributed by atoms with van der Waals surface area (Å²) in [5.41, 5.74) is 0. The first-order valence-electron chi connectivity index (χ1n) is 3.81. The van der Waals surface area contributed by atoms with Crippen molar-refractivity contribution in [2.75, 3.05) is 13.1 Å². The fourth-order valence-electron chi connectivity index (χ4n) is 0.666. The molecule has 0 heterocycles. The zero-order chi connectivity index (χ0) is 7.66. The molecule has 1 heteroatoms. The van der Waals surface area contributed by atoms with Crippen LogP contribution < -0.4 is 5.32 Å². The van der Waals surface area contributed by atoms with Gasteiger partial charge >= 0.3 is 0 Å². The highest BCUT2D eigenvalue weighted by Crippen LogP contribution is 1.89. The van der Waals surface area contributed by atoms with E-state index < -0.39 is 0 Å². The summed E-state index contributed by atoms with van der Waals surface area (Å²) < 4.78 is 0. The molecule has 0 unspecified atom stereocenters. The molecule has 0 amide bonds. The lowest BCUT2D eigenvalue weighted by Gasteiger charge is -1.97. The van der Waals surface area contributed by atoms with Gasteiger partial charge in [-0.2, -0.15) is 0 Å². The Morgan fingerprint density at radius 1 is 1.40 bits per heavy atom. The average Bonchev–Trinajstić information content (AvgIpc) is 1.97. The molecule has 0 rings (SSSR count). The number of rotatable bonds is 5. The van der Waals surface area contributed by atoms with Gasteiger partial charge in [-0.05, 0) is 19.9 Å². The largest absolute Gasteiger partial charge is 0.306 e. The van der Waals surface area contributed by atoms with Crippen LogP contribution in [0.5, 0.6) is 0 Å². The summed E-state index contributed by atoms with van der Waals surface area (Å²) in [6.07, 6.45) is 3.47. The minimum Gasteiger partial charge on any atom is -0.306 e. The molecule has 1 nitrogen and oxygen atoms in total. The highest BCUT2D eigenvalue weighted by atomic mass is 14.8. The van der Waals surface area contributed by atoms with Crippen LogP contribution in [0.4, 0.5) is 0 Å². The minimum absolute atomic E-state index is 0.827. The zero-order valence-corrected chi connectivity index (χ0v) is 6.74. The van der Waals surface area contributed by atoms with E-state index in [2.05, 4.69) is 24.1 Å². The topological polar surface area (TPSA) is 12.0 Å². The molecule has 0 aromatic carbocycles. The summed E-state index contributed by atoms with van der Waals surface area (Å²) in [6, 6.07) is 0. The first kappa shape index (κ1) is 9.52. The van der Waals surface area contributed by atoms with Crippen LogP contribution in [0.1, 0.15) is 26.2 Å². The van der Waals surface area contributed by atoms with Gasteiger partial charge in [-0.25, -0.2) is 0 Å². The predicted octanol–water partition coefficient (Wildman–Crippen LogP) is 1.60. The molecule has 0 aromatic heterocycles. The molecular weight excluding hydrogens is 122 g/mol. The number of hydrogen-bond acceptors (Lipinski definition) is 1. The van der Waals surface area contributed by atoms with Crippen LogP contribution in [-0.4, -0.2) is 13.1 Å². The van der Waals surface area contributed by atoms with E-state index in [4.69, 9.17) is 0 Å². The zero-order valence-electron chi connectivity index (χ0n) is 6.74. The van der Waals surface area contributed by atoms with E-state index in [0.29, 0.717) is 0 Å². The van der Waals surface area contributed by atoms with Crippen LogP contribution in [0.25, 0.3) is 0 Å². The fraction of sp³-hybridized carbons (Fsp3) is 0.667. The van der Waals surface area contributed by atoms with E-state index in [9.17, 15) is 0 Å². The Kier molecular flexibility index (Phi) is 8.11. The van der Waals surface area contributed by atoms with Gasteiger partial charge in [0.1, 0.15) is 0 Å². The summed E-state index contributed by atoms with van der Waals surface area (Å²) in [6.45, 7) is 7.52. The number of unbranched alkanes of at least 4 members (excludes halogenated alkanes) is 2. The average molecular weight is 138 g/mol. The van der Waals surface area contributed by atoms with Gasteiger partial charge in [-0.3, -0.25) is 0 Å². The molecule has 1 N–H and O–H groups in total. The lowest BCUT2D eigenvalue weighted by Crippen LogP contribution is -2.14. The van der Waals surface area contributed by atoms with Crippen molar-refractivity contribution in [1.82, 2.24) is 5.32 Å². The highest BCUT2D eigenvalue weighted by molar-refractivity contribution is 4.96. The Morgan fingerprint density at radius 2 is 2.20 bits per heavy atom. The van der Waals surface area contributed by atoms with Gasteiger partial charge in [0.05, 0.1) is 6.54 Å². The Balaban J connectivity index is 2.82. The van der Waals surface area contributed by atoms with Crippen LogP contribution in [0.2, 0.25) is 0 Å². The van der Waals surface area contributed by atoms with Crippen molar-refractivity contribution >= 4 is 0 Å². The number of nitrogens with one attached hydrogen (secondary N) is 1. The van der Waals surface area contributed by atoms with Crippen LogP contribution in [0, 0.1) is 18.8 Å². The van der Waals surface area contributed by atoms with Crippen molar-refractivity contribution in [3.8, 4) is 11.8 Å². The standard InChI is InChI=1S/C9H16N/c1-3-5-7-9-10-8-6-4-2/h10H,1,3,5,7-9H2,2H3. The van der Waals surface area contributed by atoms with E-state index in [1.807, 2.05) is 6.92 Å². The molecule has 0 fully saturated rings. The van der Waals surface area contributed by atoms with Crippen molar-refractivity contribution in [3.05, 3.63) is 6.92 Å². The SMILES string of the molecule is [CH2]CCCCNCC#CC. The Bertz CT molecular complexity index is 108. The summed E-state index contributed by atoms with van der Waals surface area (Å²) in [5.74, 6) is 5.78. The van der Waals surface area contributed by atoms with E-state index in [1.165, 1.54) is 12.8 Å². The monoisotopic (exact) mass is 138 g/mol. The third-order valence-electron chi connectivity index (χ3n) is 1.24. The number of hydrogen-bond donors (Lipinski definition) is 1. The van der Waals surface area contributed by atoms with Gasteiger partial charge in [0.25, 0.3) is 0 Å². The molecule has 0 aliphatic heterocycles. The predicted molar refractivity (Wildman–Crippen MR) is 45.5 cm³/mol. The Hall–Kier alpha value is -0.480. The minimum atomic E-state index is 0.827. The molecular formula is C9H16N. The van der Waals surface area contributed by atoms with Gasteiger partial charge in [0, 0.05) is 0 Å². The van der Waals surface area contributed by atoms with Gasteiger partial charge in [0.15, 0.2) is 0 Å². The highest BCUT2D eigenvalue weighted by Gasteiger charge is 1.82. The molecule has 0 aliphatic carbocycles. The smallest absolute Gasteiger partial charge is 0.0576 e. The van der Waals surface area contributed by atoms with Crippen molar-refractivity contribution in [3.63, 3.8) is 0 Å². The van der Waals surface area contributed by atoms with E-state index in [1.54, 1.807) is 0 Å². The summed E-state index contributed by atoms with van der Waals surface area (Å²) in [4.78, 5) is 0. The maximum Gasteiger partial charge on any atom is 0.0576 e. The third kappa shape index (κ3) is 7.52. The Morgan fingerprint density at radius 3 is 2.80 bits per heavy atom. The summed E-state index contributed by atoms with van der Waals surface area (Å²) >= 11 is 0. The van der Waals surface area contributed by atoms with Gasteiger partial charge in [-0.1, -0.05) is 25.7 Å². The summed E-state index contributed by atoms with van der Waals surface area (Å²) in [5, 5.41) is 3.22. The Labute approximate surface area is 64.2 Å². The van der Waals surface area contributed by atoms with Crippen molar-refractivity contribution in [1.29, 1.82) is 0 Å². The molecule has 0 bridgehead atoms. The molecule has 0 aromatic rings. The van der Waals surface area contributed by atoms with Crippen molar-refractivity contribution in [2.45, 2.75) is 26.2 Å². The first-order valence-corrected chi connectivity index (χ1v) is 3.81. The molecule has 0 saturated heterocycles. The molecule has 0 atom stereocenters. The van der Waals surface area contributed by atoms with E-state index >= 15 is 0 Å². The maximum atomic E-state index is 3.76. The van der Waals surface area contributed by atoms with Crippen molar-refractivity contribution < 1.29 is 0 Å². The maximum absolute atomic E-state index is 3.76. The van der Waals surface area contributed by atoms with Crippen LogP contribution in [0.3, 0.4) is 0 Å². The molecule has 1 radical (unpaired) electrons. The van der Waals surface area contributed by atoms with E-state index in [0.717, 1.165) is 19.5 Å². The molecule has 10 heavy (non-hydrogen) atoms. The summed E-state index contributed by atoms with van der Waals surface area (Å²) in [7, 11) is 0. The van der Waals surface area contributed by atoms with Crippen LogP contribution >= 0.6 is 0 Å². The van der Waals surface area contributed by atoms with Crippen molar-refractivity contribution in [2.24, 2.45) is 0 Å². The lowest BCUT2D eigenvalue weighted by molar-refractivity contribution is 0.664. The second kappa shape index (κ2) is 8.52. The lowest BCUT2D eigenvalue weighted by atomic mass is 10.2.